The minimum Gasteiger partial charge on any atom is -0.464 e. The van der Waals surface area contributed by atoms with Gasteiger partial charge in [0, 0.05) is 7.11 Å². The Morgan fingerprint density at radius 2 is 2.11 bits per heavy atom. The Kier molecular flexibility index (Phi) is 4.68. The van der Waals surface area contributed by atoms with Gasteiger partial charge in [-0.3, -0.25) is 0 Å². The largest absolute Gasteiger partial charge is 0.464 e. The van der Waals surface area contributed by atoms with Gasteiger partial charge < -0.3 is 9.47 Å². The number of hydrogen-bond donors (Lipinski definition) is 0. The number of carbonyl (C=O) groups excluding carboxylic acids is 1. The van der Waals surface area contributed by atoms with E-state index in [0.29, 0.717) is 16.2 Å². The average molecular weight is 342 g/mol. The van der Waals surface area contributed by atoms with Crippen LogP contribution in [0.25, 0.3) is 10.4 Å². The van der Waals surface area contributed by atoms with E-state index in [1.807, 2.05) is 24.3 Å². The van der Waals surface area contributed by atoms with Crippen molar-refractivity contribution in [1.82, 2.24) is 4.98 Å². The molecule has 0 aliphatic heterocycles. The Morgan fingerprint density at radius 1 is 1.37 bits per heavy atom. The molecule has 0 atom stereocenters. The van der Waals surface area contributed by atoms with Crippen LogP contribution in [0.4, 0.5) is 0 Å². The Bertz CT molecular complexity index is 597. The second kappa shape index (κ2) is 6.27. The lowest BCUT2D eigenvalue weighted by atomic mass is 10.1. The molecular weight excluding hydrogens is 330 g/mol. The van der Waals surface area contributed by atoms with Gasteiger partial charge in [-0.15, -0.1) is 11.3 Å². The Balaban J connectivity index is 2.55. The highest BCUT2D eigenvalue weighted by molar-refractivity contribution is 9.11. The first kappa shape index (κ1) is 14.2. The van der Waals surface area contributed by atoms with E-state index in [1.54, 1.807) is 7.11 Å². The number of nitrogens with zero attached hydrogens (tertiary/aromatic N) is 1. The van der Waals surface area contributed by atoms with Crippen molar-refractivity contribution in [3.63, 3.8) is 0 Å². The first-order valence-corrected chi connectivity index (χ1v) is 7.10. The van der Waals surface area contributed by atoms with Gasteiger partial charge in [0.2, 0.25) is 0 Å². The SMILES string of the molecule is COCc1ccccc1-c1sc(Br)nc1C(=O)OC. The molecule has 0 spiro atoms. The molecule has 1 heterocycles. The van der Waals surface area contributed by atoms with Crippen molar-refractivity contribution in [3.05, 3.63) is 39.4 Å². The van der Waals surface area contributed by atoms with E-state index in [0.717, 1.165) is 16.0 Å². The first-order valence-electron chi connectivity index (χ1n) is 5.49. The topological polar surface area (TPSA) is 48.4 Å². The summed E-state index contributed by atoms with van der Waals surface area (Å²) in [6, 6.07) is 7.77. The van der Waals surface area contributed by atoms with Crippen LogP contribution in [0.5, 0.6) is 0 Å². The Labute approximate surface area is 123 Å². The summed E-state index contributed by atoms with van der Waals surface area (Å²) in [7, 11) is 2.99. The number of esters is 1. The van der Waals surface area contributed by atoms with E-state index in [2.05, 4.69) is 20.9 Å². The molecule has 0 fully saturated rings. The zero-order chi connectivity index (χ0) is 13.8. The van der Waals surface area contributed by atoms with Crippen LogP contribution in [0, 0.1) is 0 Å². The number of thiazole rings is 1. The number of methoxy groups -OCH3 is 2. The lowest BCUT2D eigenvalue weighted by molar-refractivity contribution is 0.0595. The first-order chi connectivity index (χ1) is 9.17. The minimum absolute atomic E-state index is 0.322. The van der Waals surface area contributed by atoms with Crippen molar-refractivity contribution in [2.24, 2.45) is 0 Å². The lowest BCUT2D eigenvalue weighted by Gasteiger charge is -2.07. The van der Waals surface area contributed by atoms with Crippen LogP contribution in [-0.4, -0.2) is 25.2 Å². The Hall–Kier alpha value is -1.24. The van der Waals surface area contributed by atoms with Crippen LogP contribution < -0.4 is 0 Å². The molecule has 4 nitrogen and oxygen atoms in total. The van der Waals surface area contributed by atoms with Crippen molar-refractivity contribution in [2.45, 2.75) is 6.61 Å². The van der Waals surface area contributed by atoms with Gasteiger partial charge in [-0.05, 0) is 27.1 Å². The molecule has 1 aromatic heterocycles. The molecule has 0 amide bonds. The molecule has 0 unspecified atom stereocenters. The fourth-order valence-corrected chi connectivity index (χ4v) is 3.24. The number of ether oxygens (including phenoxy) is 2. The molecule has 0 aliphatic carbocycles. The number of halogens is 1. The highest BCUT2D eigenvalue weighted by atomic mass is 79.9. The molecule has 0 N–H and O–H groups in total. The molecule has 0 saturated heterocycles. The fraction of sp³-hybridized carbons (Fsp3) is 0.231. The van der Waals surface area contributed by atoms with Crippen molar-refractivity contribution >= 4 is 33.2 Å². The molecule has 0 bridgehead atoms. The summed E-state index contributed by atoms with van der Waals surface area (Å²) in [4.78, 5) is 16.7. The zero-order valence-electron chi connectivity index (χ0n) is 10.5. The van der Waals surface area contributed by atoms with Crippen molar-refractivity contribution in [2.75, 3.05) is 14.2 Å². The average Bonchev–Trinajstić information content (AvgIpc) is 2.81. The third-order valence-electron chi connectivity index (χ3n) is 2.54. The van der Waals surface area contributed by atoms with Crippen LogP contribution in [0.15, 0.2) is 28.2 Å². The van der Waals surface area contributed by atoms with Crippen molar-refractivity contribution in [1.29, 1.82) is 0 Å². The van der Waals surface area contributed by atoms with E-state index in [4.69, 9.17) is 9.47 Å². The summed E-state index contributed by atoms with van der Waals surface area (Å²) in [5.41, 5.74) is 2.27. The maximum Gasteiger partial charge on any atom is 0.358 e. The van der Waals surface area contributed by atoms with Crippen LogP contribution in [-0.2, 0) is 16.1 Å². The van der Waals surface area contributed by atoms with E-state index < -0.39 is 5.97 Å². The van der Waals surface area contributed by atoms with Crippen LogP contribution >= 0.6 is 27.3 Å². The molecule has 1 aromatic carbocycles. The van der Waals surface area contributed by atoms with Crippen LogP contribution in [0.3, 0.4) is 0 Å². The van der Waals surface area contributed by atoms with Crippen molar-refractivity contribution in [3.8, 4) is 10.4 Å². The van der Waals surface area contributed by atoms with Gasteiger partial charge in [0.25, 0.3) is 0 Å². The standard InChI is InChI=1S/C13H12BrNO3S/c1-17-7-8-5-3-4-6-9(8)11-10(12(16)18-2)15-13(14)19-11/h3-6H,7H2,1-2H3. The summed E-state index contributed by atoms with van der Waals surface area (Å²) in [5.74, 6) is -0.441. The summed E-state index contributed by atoms with van der Waals surface area (Å²) in [5, 5.41) is 0. The normalized spacial score (nSPS) is 10.5. The molecule has 100 valence electrons. The maximum absolute atomic E-state index is 11.8. The summed E-state index contributed by atoms with van der Waals surface area (Å²) in [6.07, 6.45) is 0. The molecule has 0 saturated carbocycles. The smallest absolute Gasteiger partial charge is 0.358 e. The molecule has 0 radical (unpaired) electrons. The fourth-order valence-electron chi connectivity index (χ4n) is 1.73. The molecule has 2 rings (SSSR count). The van der Waals surface area contributed by atoms with E-state index in [-0.39, 0.29) is 0 Å². The second-order valence-electron chi connectivity index (χ2n) is 3.73. The molecule has 19 heavy (non-hydrogen) atoms. The predicted molar refractivity (Wildman–Crippen MR) is 77.3 cm³/mol. The van der Waals surface area contributed by atoms with Gasteiger partial charge in [0.15, 0.2) is 9.61 Å². The van der Waals surface area contributed by atoms with E-state index in [9.17, 15) is 4.79 Å². The van der Waals surface area contributed by atoms with Gasteiger partial charge >= 0.3 is 5.97 Å². The van der Waals surface area contributed by atoms with Crippen LogP contribution in [0.1, 0.15) is 16.1 Å². The zero-order valence-corrected chi connectivity index (χ0v) is 12.9. The maximum atomic E-state index is 11.8. The quantitative estimate of drug-likeness (QED) is 0.798. The van der Waals surface area contributed by atoms with E-state index in [1.165, 1.54) is 18.4 Å². The third-order valence-corrected chi connectivity index (χ3v) is 4.08. The van der Waals surface area contributed by atoms with Gasteiger partial charge in [-0.1, -0.05) is 24.3 Å². The second-order valence-corrected chi connectivity index (χ2v) is 6.00. The highest BCUT2D eigenvalue weighted by Crippen LogP contribution is 2.35. The van der Waals surface area contributed by atoms with Gasteiger partial charge in [0.1, 0.15) is 0 Å². The summed E-state index contributed by atoms with van der Waals surface area (Å²) in [6.45, 7) is 0.478. The lowest BCUT2D eigenvalue weighted by Crippen LogP contribution is -2.04. The van der Waals surface area contributed by atoms with Gasteiger partial charge in [0.05, 0.1) is 18.6 Å². The third kappa shape index (κ3) is 3.02. The predicted octanol–water partition coefficient (Wildman–Crippen LogP) is 3.51. The van der Waals surface area contributed by atoms with Gasteiger partial charge in [-0.2, -0.15) is 0 Å². The summed E-state index contributed by atoms with van der Waals surface area (Å²) >= 11 is 4.71. The minimum atomic E-state index is -0.441. The Morgan fingerprint density at radius 3 is 2.79 bits per heavy atom. The molecule has 6 heteroatoms. The number of aromatic nitrogens is 1. The molecular formula is C13H12BrNO3S. The van der Waals surface area contributed by atoms with E-state index >= 15 is 0 Å². The van der Waals surface area contributed by atoms with Crippen molar-refractivity contribution < 1.29 is 14.3 Å². The number of rotatable bonds is 4. The highest BCUT2D eigenvalue weighted by Gasteiger charge is 2.20. The number of carbonyl (C=O) groups is 1. The van der Waals surface area contributed by atoms with Crippen LogP contribution in [0.2, 0.25) is 0 Å². The molecule has 2 aromatic rings. The summed E-state index contributed by atoms with van der Waals surface area (Å²) < 4.78 is 10.6. The number of hydrogen-bond acceptors (Lipinski definition) is 5. The molecule has 0 aliphatic rings. The monoisotopic (exact) mass is 341 g/mol. The van der Waals surface area contributed by atoms with Gasteiger partial charge in [-0.25, -0.2) is 9.78 Å². The number of benzene rings is 1.